The number of rotatable bonds is 7. The number of hydrogen-bond acceptors (Lipinski definition) is 5. The summed E-state index contributed by atoms with van der Waals surface area (Å²) in [5, 5.41) is 0. The molecule has 0 spiro atoms. The molecule has 0 saturated heterocycles. The molecule has 0 bridgehead atoms. The number of aryl methyl sites for hydroxylation is 1. The monoisotopic (exact) mass is 390 g/mol. The smallest absolute Gasteiger partial charge is 0.338 e. The van der Waals surface area contributed by atoms with E-state index in [0.717, 1.165) is 11.1 Å². The maximum Gasteiger partial charge on any atom is 0.338 e. The second kappa shape index (κ2) is 8.79. The fourth-order valence-corrected chi connectivity index (χ4v) is 3.14. The van der Waals surface area contributed by atoms with E-state index in [1.807, 2.05) is 31.2 Å². The van der Waals surface area contributed by atoms with Gasteiger partial charge in [-0.15, -0.1) is 0 Å². The molecule has 27 heavy (non-hydrogen) atoms. The Balaban J connectivity index is 1.98. The molecule has 144 valence electrons. The average molecular weight is 390 g/mol. The first-order valence-electron chi connectivity index (χ1n) is 8.24. The Morgan fingerprint density at radius 1 is 1.11 bits per heavy atom. The van der Waals surface area contributed by atoms with Crippen LogP contribution in [-0.4, -0.2) is 45.9 Å². The third-order valence-electron chi connectivity index (χ3n) is 4.07. The molecular weight excluding hydrogens is 368 g/mol. The third kappa shape index (κ3) is 5.38. The predicted molar refractivity (Wildman–Crippen MR) is 101 cm³/mol. The lowest BCUT2D eigenvalue weighted by molar-refractivity contribution is -0.133. The zero-order chi connectivity index (χ0) is 20.0. The lowest BCUT2D eigenvalue weighted by Gasteiger charge is -2.18. The molecule has 0 unspecified atom stereocenters. The zero-order valence-corrected chi connectivity index (χ0v) is 16.2. The number of carbonyl (C=O) groups is 2. The predicted octanol–water partition coefficient (Wildman–Crippen LogP) is 1.72. The molecule has 0 aliphatic carbocycles. The molecule has 0 atom stereocenters. The Morgan fingerprint density at radius 3 is 2.48 bits per heavy atom. The number of sulfonamides is 1. The van der Waals surface area contributed by atoms with Gasteiger partial charge in [0.05, 0.1) is 10.5 Å². The molecule has 1 amide bonds. The van der Waals surface area contributed by atoms with Crippen molar-refractivity contribution in [3.05, 3.63) is 65.2 Å². The molecule has 0 aliphatic heterocycles. The van der Waals surface area contributed by atoms with Crippen molar-refractivity contribution in [2.75, 3.05) is 20.7 Å². The minimum Gasteiger partial charge on any atom is -0.452 e. The molecule has 8 heteroatoms. The van der Waals surface area contributed by atoms with Crippen LogP contribution in [-0.2, 0) is 26.1 Å². The fourth-order valence-electron chi connectivity index (χ4n) is 2.36. The summed E-state index contributed by atoms with van der Waals surface area (Å²) in [4.78, 5) is 25.8. The quantitative estimate of drug-likeness (QED) is 0.727. The second-order valence-corrected chi connectivity index (χ2v) is 7.87. The summed E-state index contributed by atoms with van der Waals surface area (Å²) in [6.45, 7) is 1.93. The van der Waals surface area contributed by atoms with E-state index in [0.29, 0.717) is 6.54 Å². The summed E-state index contributed by atoms with van der Waals surface area (Å²) in [5.74, 6) is -1.12. The highest BCUT2D eigenvalue weighted by Crippen LogP contribution is 2.13. The standard InChI is InChI=1S/C19H22N2O5S/c1-14-7-4-5-8-16(14)12-21(3)18(22)13-26-19(23)15-9-6-10-17(11-15)27(24,25)20-2/h4-11,20H,12-13H2,1-3H3. The first-order valence-corrected chi connectivity index (χ1v) is 9.72. The summed E-state index contributed by atoms with van der Waals surface area (Å²) in [5.41, 5.74) is 2.13. The van der Waals surface area contributed by atoms with Crippen LogP contribution in [0.3, 0.4) is 0 Å². The summed E-state index contributed by atoms with van der Waals surface area (Å²) in [6.07, 6.45) is 0. The number of hydrogen-bond donors (Lipinski definition) is 1. The van der Waals surface area contributed by atoms with E-state index in [1.165, 1.54) is 36.2 Å². The highest BCUT2D eigenvalue weighted by molar-refractivity contribution is 7.89. The summed E-state index contributed by atoms with van der Waals surface area (Å²) in [7, 11) is -0.762. The van der Waals surface area contributed by atoms with Gasteiger partial charge >= 0.3 is 5.97 Å². The fraction of sp³-hybridized carbons (Fsp3) is 0.263. The van der Waals surface area contributed by atoms with Crippen molar-refractivity contribution >= 4 is 21.9 Å². The highest BCUT2D eigenvalue weighted by Gasteiger charge is 2.17. The Hall–Kier alpha value is -2.71. The lowest BCUT2D eigenvalue weighted by Crippen LogP contribution is -2.31. The second-order valence-electron chi connectivity index (χ2n) is 5.99. The van der Waals surface area contributed by atoms with E-state index in [1.54, 1.807) is 7.05 Å². The van der Waals surface area contributed by atoms with E-state index in [-0.39, 0.29) is 16.4 Å². The maximum atomic E-state index is 12.2. The molecule has 2 aromatic carbocycles. The number of benzene rings is 2. The van der Waals surface area contributed by atoms with Crippen LogP contribution >= 0.6 is 0 Å². The molecule has 0 aromatic heterocycles. The SMILES string of the molecule is CNS(=O)(=O)c1cccc(C(=O)OCC(=O)N(C)Cc2ccccc2C)c1. The number of nitrogens with zero attached hydrogens (tertiary/aromatic N) is 1. The van der Waals surface area contributed by atoms with Crippen LogP contribution in [0.25, 0.3) is 0 Å². The minimum absolute atomic E-state index is 0.0533. The van der Waals surface area contributed by atoms with Crippen molar-refractivity contribution in [1.29, 1.82) is 0 Å². The number of likely N-dealkylation sites (N-methyl/N-ethyl adjacent to an activating group) is 1. The van der Waals surface area contributed by atoms with Crippen molar-refractivity contribution in [2.45, 2.75) is 18.4 Å². The number of esters is 1. The van der Waals surface area contributed by atoms with Crippen LogP contribution in [0.2, 0.25) is 0 Å². The van der Waals surface area contributed by atoms with Gasteiger partial charge in [0.25, 0.3) is 5.91 Å². The first-order chi connectivity index (χ1) is 12.7. The highest BCUT2D eigenvalue weighted by atomic mass is 32.2. The van der Waals surface area contributed by atoms with Gasteiger partial charge in [0.2, 0.25) is 10.0 Å². The van der Waals surface area contributed by atoms with E-state index >= 15 is 0 Å². The van der Waals surface area contributed by atoms with Gasteiger partial charge in [-0.1, -0.05) is 30.3 Å². The third-order valence-corrected chi connectivity index (χ3v) is 5.48. The zero-order valence-electron chi connectivity index (χ0n) is 15.4. The van der Waals surface area contributed by atoms with Crippen molar-refractivity contribution < 1.29 is 22.7 Å². The van der Waals surface area contributed by atoms with Crippen LogP contribution in [0, 0.1) is 6.92 Å². The van der Waals surface area contributed by atoms with Gasteiger partial charge in [-0.25, -0.2) is 17.9 Å². The number of amides is 1. The number of carbonyl (C=O) groups excluding carboxylic acids is 2. The molecule has 2 rings (SSSR count). The van der Waals surface area contributed by atoms with E-state index in [4.69, 9.17) is 4.74 Å². The number of ether oxygens (including phenoxy) is 1. The summed E-state index contributed by atoms with van der Waals surface area (Å²) < 4.78 is 30.8. The van der Waals surface area contributed by atoms with Crippen LogP contribution in [0.15, 0.2) is 53.4 Å². The summed E-state index contributed by atoms with van der Waals surface area (Å²) in [6, 6.07) is 13.1. The maximum absolute atomic E-state index is 12.2. The van der Waals surface area contributed by atoms with Crippen LogP contribution in [0.4, 0.5) is 0 Å². The van der Waals surface area contributed by atoms with Crippen molar-refractivity contribution in [1.82, 2.24) is 9.62 Å². The molecule has 2 aromatic rings. The van der Waals surface area contributed by atoms with Crippen molar-refractivity contribution in [3.8, 4) is 0 Å². The Bertz CT molecular complexity index is 941. The Kier molecular flexibility index (Phi) is 6.70. The summed E-state index contributed by atoms with van der Waals surface area (Å²) >= 11 is 0. The molecular formula is C19H22N2O5S. The van der Waals surface area contributed by atoms with Crippen LogP contribution in [0.5, 0.6) is 0 Å². The molecule has 7 nitrogen and oxygen atoms in total. The largest absolute Gasteiger partial charge is 0.452 e. The Morgan fingerprint density at radius 2 is 1.81 bits per heavy atom. The topological polar surface area (TPSA) is 92.8 Å². The van der Waals surface area contributed by atoms with Gasteiger partial charge in [0.1, 0.15) is 0 Å². The van der Waals surface area contributed by atoms with Crippen LogP contribution < -0.4 is 4.72 Å². The van der Waals surface area contributed by atoms with E-state index < -0.39 is 22.6 Å². The van der Waals surface area contributed by atoms with E-state index in [9.17, 15) is 18.0 Å². The van der Waals surface area contributed by atoms with Gasteiger partial charge in [-0.2, -0.15) is 0 Å². The normalized spacial score (nSPS) is 11.1. The number of nitrogens with one attached hydrogen (secondary N) is 1. The van der Waals surface area contributed by atoms with Gasteiger partial charge in [0, 0.05) is 13.6 Å². The van der Waals surface area contributed by atoms with Crippen molar-refractivity contribution in [2.24, 2.45) is 0 Å². The molecule has 0 aliphatic rings. The first kappa shape index (κ1) is 20.6. The molecule has 0 fully saturated rings. The lowest BCUT2D eigenvalue weighted by atomic mass is 10.1. The van der Waals surface area contributed by atoms with Crippen molar-refractivity contribution in [3.63, 3.8) is 0 Å². The molecule has 1 N–H and O–H groups in total. The average Bonchev–Trinajstić information content (AvgIpc) is 2.67. The molecule has 0 saturated carbocycles. The van der Waals surface area contributed by atoms with Gasteiger partial charge < -0.3 is 9.64 Å². The molecule has 0 radical (unpaired) electrons. The van der Waals surface area contributed by atoms with E-state index in [2.05, 4.69) is 4.72 Å². The van der Waals surface area contributed by atoms with Gasteiger partial charge in [0.15, 0.2) is 6.61 Å². The van der Waals surface area contributed by atoms with Gasteiger partial charge in [-0.3, -0.25) is 4.79 Å². The minimum atomic E-state index is -3.67. The Labute approximate surface area is 159 Å². The molecule has 0 heterocycles. The van der Waals surface area contributed by atoms with Gasteiger partial charge in [-0.05, 0) is 43.3 Å². The van der Waals surface area contributed by atoms with Crippen LogP contribution in [0.1, 0.15) is 21.5 Å².